The maximum atomic E-state index is 10.1. The number of hydrogen-bond acceptors (Lipinski definition) is 2. The Hall–Kier alpha value is -1.41. The maximum absolute atomic E-state index is 10.1. The maximum Gasteiger partial charge on any atom is 0.132 e. The molecule has 18 heavy (non-hydrogen) atoms. The van der Waals surface area contributed by atoms with Crippen molar-refractivity contribution in [3.63, 3.8) is 0 Å². The number of rotatable bonds is 2. The predicted octanol–water partition coefficient (Wildman–Crippen LogP) is 4.78. The highest BCUT2D eigenvalue weighted by Gasteiger charge is 2.08. The van der Waals surface area contributed by atoms with E-state index < -0.39 is 0 Å². The van der Waals surface area contributed by atoms with E-state index in [9.17, 15) is 5.11 Å². The van der Waals surface area contributed by atoms with Gasteiger partial charge in [-0.25, -0.2) is 0 Å². The summed E-state index contributed by atoms with van der Waals surface area (Å²) in [6.45, 7) is 8.18. The second kappa shape index (κ2) is 5.07. The van der Waals surface area contributed by atoms with Crippen molar-refractivity contribution < 1.29 is 5.11 Å². The molecule has 0 amide bonds. The number of phenols is 1. The summed E-state index contributed by atoms with van der Waals surface area (Å²) < 4.78 is 0. The van der Waals surface area contributed by atoms with Crippen molar-refractivity contribution in [3.05, 3.63) is 52.6 Å². The lowest BCUT2D eigenvalue weighted by Gasteiger charge is -2.09. The van der Waals surface area contributed by atoms with Gasteiger partial charge in [-0.3, -0.25) is 0 Å². The van der Waals surface area contributed by atoms with Gasteiger partial charge in [0.25, 0.3) is 0 Å². The van der Waals surface area contributed by atoms with Crippen molar-refractivity contribution in [1.29, 1.82) is 0 Å². The van der Waals surface area contributed by atoms with Gasteiger partial charge < -0.3 is 5.11 Å². The van der Waals surface area contributed by atoms with E-state index in [-0.39, 0.29) is 0 Å². The normalized spacial score (nSPS) is 10.7. The summed E-state index contributed by atoms with van der Waals surface area (Å²) in [4.78, 5) is 2.10. The third kappa shape index (κ3) is 2.88. The van der Waals surface area contributed by atoms with Gasteiger partial charge in [-0.05, 0) is 68.1 Å². The van der Waals surface area contributed by atoms with Crippen LogP contribution in [0.1, 0.15) is 22.3 Å². The Morgan fingerprint density at radius 3 is 1.94 bits per heavy atom. The largest absolute Gasteiger partial charge is 0.506 e. The van der Waals surface area contributed by atoms with Gasteiger partial charge in [0.2, 0.25) is 0 Å². The van der Waals surface area contributed by atoms with Crippen molar-refractivity contribution in [2.24, 2.45) is 0 Å². The molecule has 0 aliphatic carbocycles. The molecule has 0 spiro atoms. The second-order valence-electron chi connectivity index (χ2n) is 4.85. The molecule has 0 atom stereocenters. The summed E-state index contributed by atoms with van der Waals surface area (Å²) in [5.41, 5.74) is 4.61. The van der Waals surface area contributed by atoms with Gasteiger partial charge in [-0.1, -0.05) is 23.9 Å². The van der Waals surface area contributed by atoms with Crippen molar-refractivity contribution in [2.45, 2.75) is 37.5 Å². The van der Waals surface area contributed by atoms with Crippen LogP contribution in [-0.4, -0.2) is 5.11 Å². The minimum Gasteiger partial charge on any atom is -0.506 e. The summed E-state index contributed by atoms with van der Waals surface area (Å²) >= 11 is 1.62. The topological polar surface area (TPSA) is 20.2 Å². The highest BCUT2D eigenvalue weighted by Crippen LogP contribution is 2.37. The lowest BCUT2D eigenvalue weighted by atomic mass is 10.1. The molecular weight excluding hydrogens is 240 g/mol. The van der Waals surface area contributed by atoms with Crippen molar-refractivity contribution in [2.75, 3.05) is 0 Å². The minimum absolute atomic E-state index is 0.393. The Bertz CT molecular complexity index is 568. The van der Waals surface area contributed by atoms with Crippen molar-refractivity contribution >= 4 is 11.8 Å². The van der Waals surface area contributed by atoms with Crippen molar-refractivity contribution in [1.82, 2.24) is 0 Å². The smallest absolute Gasteiger partial charge is 0.132 e. The zero-order chi connectivity index (χ0) is 13.3. The fourth-order valence-electron chi connectivity index (χ4n) is 2.12. The quantitative estimate of drug-likeness (QED) is 0.836. The summed E-state index contributed by atoms with van der Waals surface area (Å²) in [6, 6.07) is 10.5. The molecule has 0 radical (unpaired) electrons. The Morgan fingerprint density at radius 2 is 1.33 bits per heavy atom. The molecule has 0 unspecified atom stereocenters. The first-order valence-corrected chi connectivity index (χ1v) is 6.84. The third-order valence-corrected chi connectivity index (χ3v) is 3.84. The van der Waals surface area contributed by atoms with Crippen LogP contribution in [0.3, 0.4) is 0 Å². The molecule has 2 rings (SSSR count). The fourth-order valence-corrected chi connectivity index (χ4v) is 3.36. The molecule has 0 heterocycles. The van der Waals surface area contributed by atoms with Crippen LogP contribution in [0.5, 0.6) is 5.75 Å². The van der Waals surface area contributed by atoms with Crippen LogP contribution in [0.2, 0.25) is 0 Å². The summed E-state index contributed by atoms with van der Waals surface area (Å²) in [5, 5.41) is 10.1. The zero-order valence-electron chi connectivity index (χ0n) is 11.2. The van der Waals surface area contributed by atoms with Gasteiger partial charge in [0.1, 0.15) is 5.75 Å². The van der Waals surface area contributed by atoms with Crippen LogP contribution in [0.25, 0.3) is 0 Å². The minimum atomic E-state index is 0.393. The average Bonchev–Trinajstić information content (AvgIpc) is 2.23. The highest BCUT2D eigenvalue weighted by atomic mass is 32.2. The molecule has 0 aliphatic heterocycles. The van der Waals surface area contributed by atoms with Crippen LogP contribution in [0.4, 0.5) is 0 Å². The molecule has 2 aromatic carbocycles. The Morgan fingerprint density at radius 1 is 0.778 bits per heavy atom. The molecule has 0 aromatic heterocycles. The Labute approximate surface area is 113 Å². The van der Waals surface area contributed by atoms with Gasteiger partial charge >= 0.3 is 0 Å². The van der Waals surface area contributed by atoms with E-state index >= 15 is 0 Å². The molecule has 1 N–H and O–H groups in total. The van der Waals surface area contributed by atoms with Gasteiger partial charge in [0, 0.05) is 4.90 Å². The Balaban J connectivity index is 2.39. The van der Waals surface area contributed by atoms with Gasteiger partial charge in [-0.2, -0.15) is 0 Å². The first-order valence-electron chi connectivity index (χ1n) is 6.02. The number of hydrogen-bond donors (Lipinski definition) is 1. The zero-order valence-corrected chi connectivity index (χ0v) is 12.1. The van der Waals surface area contributed by atoms with E-state index in [0.717, 1.165) is 10.5 Å². The highest BCUT2D eigenvalue weighted by molar-refractivity contribution is 7.99. The molecule has 0 aliphatic rings. The van der Waals surface area contributed by atoms with Gasteiger partial charge in [-0.15, -0.1) is 0 Å². The lowest BCUT2D eigenvalue weighted by Crippen LogP contribution is -1.84. The first-order chi connectivity index (χ1) is 8.45. The average molecular weight is 258 g/mol. The monoisotopic (exact) mass is 258 g/mol. The van der Waals surface area contributed by atoms with E-state index in [1.54, 1.807) is 11.8 Å². The molecule has 2 heteroatoms. The van der Waals surface area contributed by atoms with Crippen LogP contribution in [-0.2, 0) is 0 Å². The molecule has 0 bridgehead atoms. The molecule has 0 fully saturated rings. The summed E-state index contributed by atoms with van der Waals surface area (Å²) in [6.07, 6.45) is 0. The van der Waals surface area contributed by atoms with Crippen LogP contribution < -0.4 is 0 Å². The number of aromatic hydroxyl groups is 1. The first kappa shape index (κ1) is 13.0. The van der Waals surface area contributed by atoms with E-state index in [1.165, 1.54) is 21.6 Å². The standard InChI is InChI=1S/C16H18OS/c1-10-5-11(2)8-14(7-10)18-15-9-12(3)6-13(4)16(15)17/h5-9,17H,1-4H3. The molecule has 2 aromatic rings. The summed E-state index contributed by atoms with van der Waals surface area (Å²) in [5.74, 6) is 0.393. The van der Waals surface area contributed by atoms with E-state index in [4.69, 9.17) is 0 Å². The van der Waals surface area contributed by atoms with Crippen LogP contribution >= 0.6 is 11.8 Å². The predicted molar refractivity (Wildman–Crippen MR) is 77.6 cm³/mol. The molecule has 0 saturated heterocycles. The number of aryl methyl sites for hydroxylation is 4. The molecule has 1 nitrogen and oxygen atoms in total. The van der Waals surface area contributed by atoms with Gasteiger partial charge in [0.15, 0.2) is 0 Å². The number of phenolic OH excluding ortho intramolecular Hbond substituents is 1. The van der Waals surface area contributed by atoms with E-state index in [2.05, 4.69) is 39.0 Å². The second-order valence-corrected chi connectivity index (χ2v) is 5.97. The molecule has 0 saturated carbocycles. The third-order valence-electron chi connectivity index (χ3n) is 2.83. The fraction of sp³-hybridized carbons (Fsp3) is 0.250. The summed E-state index contributed by atoms with van der Waals surface area (Å²) in [7, 11) is 0. The van der Waals surface area contributed by atoms with E-state index in [1.807, 2.05) is 19.1 Å². The SMILES string of the molecule is Cc1cc(C)cc(Sc2cc(C)cc(C)c2O)c1. The lowest BCUT2D eigenvalue weighted by molar-refractivity contribution is 0.458. The van der Waals surface area contributed by atoms with Crippen molar-refractivity contribution in [3.8, 4) is 5.75 Å². The number of benzene rings is 2. The van der Waals surface area contributed by atoms with Crippen LogP contribution in [0, 0.1) is 27.7 Å². The van der Waals surface area contributed by atoms with Gasteiger partial charge in [0.05, 0.1) is 4.90 Å². The molecular formula is C16H18OS. The van der Waals surface area contributed by atoms with Crippen LogP contribution in [0.15, 0.2) is 40.1 Å². The Kier molecular flexibility index (Phi) is 3.67. The van der Waals surface area contributed by atoms with E-state index in [0.29, 0.717) is 5.75 Å². The molecule has 94 valence electrons.